The summed E-state index contributed by atoms with van der Waals surface area (Å²) in [6, 6.07) is 10.3. The fourth-order valence-electron chi connectivity index (χ4n) is 2.42. The molecule has 0 radical (unpaired) electrons. The molecular formula is C17H18N6O2. The van der Waals surface area contributed by atoms with Crippen molar-refractivity contribution in [3.63, 3.8) is 0 Å². The van der Waals surface area contributed by atoms with Crippen LogP contribution in [-0.4, -0.2) is 31.4 Å². The van der Waals surface area contributed by atoms with Crippen LogP contribution < -0.4 is 10.6 Å². The van der Waals surface area contributed by atoms with Gasteiger partial charge < -0.3 is 10.6 Å². The lowest BCUT2D eigenvalue weighted by atomic mass is 10.2. The van der Waals surface area contributed by atoms with Crippen LogP contribution >= 0.6 is 0 Å². The van der Waals surface area contributed by atoms with E-state index >= 15 is 0 Å². The highest BCUT2D eigenvalue weighted by atomic mass is 16.2. The van der Waals surface area contributed by atoms with Gasteiger partial charge in [0.25, 0.3) is 11.8 Å². The fourth-order valence-corrected chi connectivity index (χ4v) is 2.42. The minimum atomic E-state index is -0.314. The predicted molar refractivity (Wildman–Crippen MR) is 93.5 cm³/mol. The number of anilines is 2. The van der Waals surface area contributed by atoms with Gasteiger partial charge in [-0.25, -0.2) is 0 Å². The first-order valence-electron chi connectivity index (χ1n) is 7.65. The van der Waals surface area contributed by atoms with Gasteiger partial charge in [0.1, 0.15) is 5.69 Å². The average Bonchev–Trinajstić information content (AvgIpc) is 3.13. The van der Waals surface area contributed by atoms with Crippen LogP contribution in [0, 0.1) is 6.92 Å². The van der Waals surface area contributed by atoms with Crippen molar-refractivity contribution in [2.75, 3.05) is 10.6 Å². The number of carbonyl (C=O) groups is 2. The largest absolute Gasteiger partial charge is 0.321 e. The number of nitrogens with one attached hydrogen (secondary N) is 2. The molecule has 2 aromatic heterocycles. The van der Waals surface area contributed by atoms with Crippen molar-refractivity contribution in [3.05, 3.63) is 59.7 Å². The van der Waals surface area contributed by atoms with Crippen LogP contribution in [0.2, 0.25) is 0 Å². The molecule has 2 N–H and O–H groups in total. The lowest BCUT2D eigenvalue weighted by molar-refractivity contribution is 0.101. The molecule has 0 aliphatic carbocycles. The third-order valence-electron chi connectivity index (χ3n) is 3.56. The van der Waals surface area contributed by atoms with Crippen molar-refractivity contribution in [1.82, 2.24) is 19.6 Å². The molecule has 3 rings (SSSR count). The number of aromatic nitrogens is 4. The quantitative estimate of drug-likeness (QED) is 0.760. The Morgan fingerprint density at radius 1 is 0.960 bits per heavy atom. The van der Waals surface area contributed by atoms with Crippen LogP contribution in [0.1, 0.15) is 26.7 Å². The van der Waals surface area contributed by atoms with Gasteiger partial charge >= 0.3 is 0 Å². The Morgan fingerprint density at radius 3 is 2.20 bits per heavy atom. The van der Waals surface area contributed by atoms with Gasteiger partial charge in [0.05, 0.1) is 5.69 Å². The van der Waals surface area contributed by atoms with Crippen molar-refractivity contribution >= 4 is 23.2 Å². The van der Waals surface area contributed by atoms with Gasteiger partial charge in [-0.1, -0.05) is 6.07 Å². The molecular weight excluding hydrogens is 320 g/mol. The third-order valence-corrected chi connectivity index (χ3v) is 3.56. The lowest BCUT2D eigenvalue weighted by Gasteiger charge is -2.08. The molecule has 3 aromatic rings. The fraction of sp³-hybridized carbons (Fsp3) is 0.176. The number of rotatable bonds is 4. The van der Waals surface area contributed by atoms with E-state index in [1.807, 2.05) is 6.92 Å². The van der Waals surface area contributed by atoms with Gasteiger partial charge in [0, 0.05) is 31.7 Å². The second kappa shape index (κ2) is 6.60. The summed E-state index contributed by atoms with van der Waals surface area (Å²) >= 11 is 0. The monoisotopic (exact) mass is 338 g/mol. The number of carbonyl (C=O) groups excluding carboxylic acids is 2. The van der Waals surface area contributed by atoms with E-state index in [1.54, 1.807) is 61.4 Å². The molecule has 2 amide bonds. The van der Waals surface area contributed by atoms with Crippen LogP contribution in [0.4, 0.5) is 11.4 Å². The molecule has 0 saturated heterocycles. The number of nitrogens with zero attached hydrogens (tertiary/aromatic N) is 4. The third kappa shape index (κ3) is 3.74. The van der Waals surface area contributed by atoms with E-state index in [0.717, 1.165) is 5.69 Å². The maximum Gasteiger partial charge on any atom is 0.276 e. The predicted octanol–water partition coefficient (Wildman–Crippen LogP) is 1.97. The van der Waals surface area contributed by atoms with Crippen molar-refractivity contribution in [1.29, 1.82) is 0 Å². The molecule has 0 atom stereocenters. The SMILES string of the molecule is Cc1cc(C(=O)Nc2cccc(NC(=O)c3ccn(C)n3)c2)n(C)n1. The highest BCUT2D eigenvalue weighted by molar-refractivity contribution is 6.05. The molecule has 8 nitrogen and oxygen atoms in total. The summed E-state index contributed by atoms with van der Waals surface area (Å²) in [7, 11) is 3.46. The second-order valence-electron chi connectivity index (χ2n) is 5.66. The highest BCUT2D eigenvalue weighted by Crippen LogP contribution is 2.17. The molecule has 0 unspecified atom stereocenters. The summed E-state index contributed by atoms with van der Waals surface area (Å²) in [5.41, 5.74) is 2.68. The van der Waals surface area contributed by atoms with E-state index in [0.29, 0.717) is 22.8 Å². The van der Waals surface area contributed by atoms with Crippen molar-refractivity contribution < 1.29 is 9.59 Å². The number of hydrogen-bond donors (Lipinski definition) is 2. The molecule has 0 saturated carbocycles. The minimum Gasteiger partial charge on any atom is -0.321 e. The number of benzene rings is 1. The Morgan fingerprint density at radius 2 is 1.64 bits per heavy atom. The van der Waals surface area contributed by atoms with Crippen molar-refractivity contribution in [2.45, 2.75) is 6.92 Å². The maximum atomic E-state index is 12.3. The highest BCUT2D eigenvalue weighted by Gasteiger charge is 2.13. The summed E-state index contributed by atoms with van der Waals surface area (Å²) in [4.78, 5) is 24.5. The van der Waals surface area contributed by atoms with Crippen LogP contribution in [0.5, 0.6) is 0 Å². The maximum absolute atomic E-state index is 12.3. The molecule has 128 valence electrons. The second-order valence-corrected chi connectivity index (χ2v) is 5.66. The van der Waals surface area contributed by atoms with Gasteiger partial charge in [-0.15, -0.1) is 0 Å². The summed E-state index contributed by atoms with van der Waals surface area (Å²) < 4.78 is 3.08. The molecule has 8 heteroatoms. The molecule has 0 aliphatic rings. The van der Waals surface area contributed by atoms with E-state index in [4.69, 9.17) is 0 Å². The molecule has 0 fully saturated rings. The molecule has 0 aliphatic heterocycles. The summed E-state index contributed by atoms with van der Waals surface area (Å²) in [5.74, 6) is -0.581. The van der Waals surface area contributed by atoms with E-state index in [2.05, 4.69) is 20.8 Å². The summed E-state index contributed by atoms with van der Waals surface area (Å²) in [5, 5.41) is 13.8. The van der Waals surface area contributed by atoms with Crippen LogP contribution in [0.3, 0.4) is 0 Å². The van der Waals surface area contributed by atoms with Crippen LogP contribution in [0.25, 0.3) is 0 Å². The van der Waals surface area contributed by atoms with Crippen LogP contribution in [0.15, 0.2) is 42.6 Å². The topological polar surface area (TPSA) is 93.8 Å². The van der Waals surface area contributed by atoms with Crippen LogP contribution in [-0.2, 0) is 14.1 Å². The first kappa shape index (κ1) is 16.4. The Balaban J connectivity index is 1.72. The summed E-state index contributed by atoms with van der Waals surface area (Å²) in [6.07, 6.45) is 1.70. The molecule has 0 bridgehead atoms. The minimum absolute atomic E-state index is 0.267. The number of amides is 2. The zero-order valence-corrected chi connectivity index (χ0v) is 14.1. The van der Waals surface area contributed by atoms with Gasteiger partial charge in [-0.2, -0.15) is 10.2 Å². The normalized spacial score (nSPS) is 10.5. The van der Waals surface area contributed by atoms with Gasteiger partial charge in [0.15, 0.2) is 5.69 Å². The van der Waals surface area contributed by atoms with E-state index in [1.165, 1.54) is 4.68 Å². The standard InChI is InChI=1S/C17H18N6O2/c1-11-9-15(23(3)20-11)17(25)19-13-6-4-5-12(10-13)18-16(24)14-7-8-22(2)21-14/h4-10H,1-3H3,(H,18,24)(H,19,25). The Hall–Kier alpha value is -3.42. The van der Waals surface area contributed by atoms with Gasteiger partial charge in [-0.05, 0) is 37.3 Å². The molecule has 2 heterocycles. The first-order chi connectivity index (χ1) is 11.9. The van der Waals surface area contributed by atoms with E-state index in [-0.39, 0.29) is 11.8 Å². The zero-order valence-electron chi connectivity index (χ0n) is 14.1. The Kier molecular flexibility index (Phi) is 4.34. The number of aryl methyl sites for hydroxylation is 3. The Labute approximate surface area is 144 Å². The molecule has 0 spiro atoms. The molecule has 1 aromatic carbocycles. The number of hydrogen-bond acceptors (Lipinski definition) is 4. The van der Waals surface area contributed by atoms with E-state index < -0.39 is 0 Å². The smallest absolute Gasteiger partial charge is 0.276 e. The lowest BCUT2D eigenvalue weighted by Crippen LogP contribution is -2.16. The van der Waals surface area contributed by atoms with Crippen molar-refractivity contribution in [3.8, 4) is 0 Å². The Bertz CT molecular complexity index is 940. The van der Waals surface area contributed by atoms with Gasteiger partial charge in [-0.3, -0.25) is 19.0 Å². The summed E-state index contributed by atoms with van der Waals surface area (Å²) in [6.45, 7) is 1.82. The average molecular weight is 338 g/mol. The first-order valence-corrected chi connectivity index (χ1v) is 7.65. The van der Waals surface area contributed by atoms with E-state index in [9.17, 15) is 9.59 Å². The molecule has 25 heavy (non-hydrogen) atoms. The van der Waals surface area contributed by atoms with Crippen molar-refractivity contribution in [2.24, 2.45) is 14.1 Å². The van der Waals surface area contributed by atoms with Gasteiger partial charge in [0.2, 0.25) is 0 Å². The zero-order chi connectivity index (χ0) is 18.0.